The maximum atomic E-state index is 9.83. The van der Waals surface area contributed by atoms with E-state index in [9.17, 15) is 5.11 Å². The summed E-state index contributed by atoms with van der Waals surface area (Å²) < 4.78 is 0. The van der Waals surface area contributed by atoms with E-state index in [1.165, 1.54) is 88.8 Å². The van der Waals surface area contributed by atoms with Crippen molar-refractivity contribution in [2.75, 3.05) is 12.9 Å². The number of rotatable bonds is 17. The van der Waals surface area contributed by atoms with Crippen LogP contribution in [0.25, 0.3) is 0 Å². The van der Waals surface area contributed by atoms with E-state index in [-0.39, 0.29) is 11.9 Å². The van der Waals surface area contributed by atoms with Crippen LogP contribution in [0.4, 0.5) is 0 Å². The second-order valence-electron chi connectivity index (χ2n) is 6.55. The van der Waals surface area contributed by atoms with Gasteiger partial charge in [0.05, 0.1) is 18.0 Å². The second kappa shape index (κ2) is 18.4. The van der Waals surface area contributed by atoms with Crippen LogP contribution in [0.5, 0.6) is 0 Å². The van der Waals surface area contributed by atoms with Gasteiger partial charge in [0.2, 0.25) is 0 Å². The number of aliphatic hydroxyl groups is 2. The largest absolute Gasteiger partial charge is 0.395 e. The van der Waals surface area contributed by atoms with E-state index in [2.05, 4.69) is 13.0 Å². The van der Waals surface area contributed by atoms with Crippen LogP contribution in [0.3, 0.4) is 0 Å². The Labute approximate surface area is 149 Å². The van der Waals surface area contributed by atoms with Crippen LogP contribution in [0.1, 0.15) is 90.4 Å². The van der Waals surface area contributed by atoms with Crippen LogP contribution in [0.2, 0.25) is 0 Å². The summed E-state index contributed by atoms with van der Waals surface area (Å²) in [5, 5.41) is 18.8. The number of aliphatic hydroxyl groups excluding tert-OH is 2. The third-order valence-electron chi connectivity index (χ3n) is 4.42. The van der Waals surface area contributed by atoms with Gasteiger partial charge in [0.1, 0.15) is 0 Å². The molecular weight excluding hydrogens is 304 g/mol. The van der Waals surface area contributed by atoms with Gasteiger partial charge in [0.25, 0.3) is 0 Å². The SMILES string of the molecule is CCCCCCCCCCCCCCC=CC(O)C(CO)SC. The summed E-state index contributed by atoms with van der Waals surface area (Å²) >= 11 is 1.51. The number of hydrogen-bond acceptors (Lipinski definition) is 3. The van der Waals surface area contributed by atoms with Crippen molar-refractivity contribution in [1.29, 1.82) is 0 Å². The van der Waals surface area contributed by atoms with Gasteiger partial charge in [0, 0.05) is 0 Å². The van der Waals surface area contributed by atoms with E-state index in [1.807, 2.05) is 12.3 Å². The molecule has 2 nitrogen and oxygen atoms in total. The monoisotopic (exact) mass is 344 g/mol. The molecule has 2 atom stereocenters. The first-order chi connectivity index (χ1) is 11.3. The van der Waals surface area contributed by atoms with Crippen LogP contribution in [-0.4, -0.2) is 34.4 Å². The maximum absolute atomic E-state index is 9.83. The van der Waals surface area contributed by atoms with E-state index in [4.69, 9.17) is 5.11 Å². The first-order valence-corrected chi connectivity index (χ1v) is 11.0. The molecule has 2 unspecified atom stereocenters. The molecular formula is C20H40O2S. The standard InChI is InChI=1S/C20H40O2S/c1-3-4-5-6-7-8-9-10-11-12-13-14-15-16-17-19(22)20(18-21)23-2/h16-17,19-22H,3-15,18H2,1-2H3. The van der Waals surface area contributed by atoms with Gasteiger partial charge in [0.15, 0.2) is 0 Å². The molecule has 2 N–H and O–H groups in total. The van der Waals surface area contributed by atoms with Gasteiger partial charge in [-0.3, -0.25) is 0 Å². The van der Waals surface area contributed by atoms with Gasteiger partial charge in [-0.05, 0) is 19.1 Å². The third kappa shape index (κ3) is 15.3. The Kier molecular flexibility index (Phi) is 18.4. The summed E-state index contributed by atoms with van der Waals surface area (Å²) in [6, 6.07) is 0. The Morgan fingerprint density at radius 3 is 1.74 bits per heavy atom. The molecule has 0 aromatic heterocycles. The van der Waals surface area contributed by atoms with E-state index in [1.54, 1.807) is 0 Å². The van der Waals surface area contributed by atoms with Crippen molar-refractivity contribution < 1.29 is 10.2 Å². The van der Waals surface area contributed by atoms with Crippen LogP contribution in [-0.2, 0) is 0 Å². The summed E-state index contributed by atoms with van der Waals surface area (Å²) in [6.07, 6.45) is 22.8. The lowest BCUT2D eigenvalue weighted by Crippen LogP contribution is -2.24. The van der Waals surface area contributed by atoms with Gasteiger partial charge >= 0.3 is 0 Å². The summed E-state index contributed by atoms with van der Waals surface area (Å²) in [7, 11) is 0. The molecule has 0 heterocycles. The molecule has 0 aromatic rings. The Balaban J connectivity index is 3.27. The molecule has 0 bridgehead atoms. The van der Waals surface area contributed by atoms with Crippen LogP contribution in [0.15, 0.2) is 12.2 Å². The van der Waals surface area contributed by atoms with Gasteiger partial charge in [-0.1, -0.05) is 89.7 Å². The van der Waals surface area contributed by atoms with E-state index in [0.717, 1.165) is 6.42 Å². The average molecular weight is 345 g/mol. The number of unbranched alkanes of at least 4 members (excludes halogenated alkanes) is 12. The summed E-state index contributed by atoms with van der Waals surface area (Å²) in [5.41, 5.74) is 0. The van der Waals surface area contributed by atoms with Crippen molar-refractivity contribution in [2.24, 2.45) is 0 Å². The minimum atomic E-state index is -0.521. The molecule has 0 aliphatic heterocycles. The summed E-state index contributed by atoms with van der Waals surface area (Å²) in [6.45, 7) is 2.30. The lowest BCUT2D eigenvalue weighted by atomic mass is 10.0. The normalized spacial score (nSPS) is 14.4. The van der Waals surface area contributed by atoms with Gasteiger partial charge < -0.3 is 10.2 Å². The maximum Gasteiger partial charge on any atom is 0.0861 e. The molecule has 0 aromatic carbocycles. The van der Waals surface area contributed by atoms with Gasteiger partial charge in [-0.15, -0.1) is 0 Å². The van der Waals surface area contributed by atoms with Crippen LogP contribution in [0, 0.1) is 0 Å². The topological polar surface area (TPSA) is 40.5 Å². The average Bonchev–Trinajstić information content (AvgIpc) is 2.56. The lowest BCUT2D eigenvalue weighted by Gasteiger charge is -2.14. The van der Waals surface area contributed by atoms with Crippen molar-refractivity contribution in [3.05, 3.63) is 12.2 Å². The number of hydrogen-bond donors (Lipinski definition) is 2. The molecule has 0 saturated carbocycles. The van der Waals surface area contributed by atoms with Crippen molar-refractivity contribution in [3.63, 3.8) is 0 Å². The minimum absolute atomic E-state index is 0.0330. The molecule has 138 valence electrons. The molecule has 23 heavy (non-hydrogen) atoms. The molecule has 0 aliphatic rings. The highest BCUT2D eigenvalue weighted by atomic mass is 32.2. The molecule has 0 amide bonds. The molecule has 0 saturated heterocycles. The molecule has 0 spiro atoms. The fourth-order valence-electron chi connectivity index (χ4n) is 2.78. The lowest BCUT2D eigenvalue weighted by molar-refractivity contribution is 0.177. The Morgan fingerprint density at radius 2 is 1.30 bits per heavy atom. The van der Waals surface area contributed by atoms with Crippen molar-refractivity contribution >= 4 is 11.8 Å². The summed E-state index contributed by atoms with van der Waals surface area (Å²) in [5.74, 6) is 0. The highest BCUT2D eigenvalue weighted by Gasteiger charge is 2.13. The zero-order valence-corrected chi connectivity index (χ0v) is 16.3. The number of thioether (sulfide) groups is 1. The predicted octanol–water partition coefficient (Wildman–Crippen LogP) is 5.72. The molecule has 0 radical (unpaired) electrons. The number of allylic oxidation sites excluding steroid dienone is 1. The Hall–Kier alpha value is 0.0100. The van der Waals surface area contributed by atoms with Crippen molar-refractivity contribution in [1.82, 2.24) is 0 Å². The molecule has 0 aliphatic carbocycles. The first-order valence-electron chi connectivity index (χ1n) is 9.74. The highest BCUT2D eigenvalue weighted by molar-refractivity contribution is 7.99. The summed E-state index contributed by atoms with van der Waals surface area (Å²) in [4.78, 5) is 0. The van der Waals surface area contributed by atoms with E-state index < -0.39 is 6.10 Å². The Bertz CT molecular complexity index is 252. The molecule has 0 fully saturated rings. The van der Waals surface area contributed by atoms with Crippen LogP contribution >= 0.6 is 11.8 Å². The molecule has 3 heteroatoms. The smallest absolute Gasteiger partial charge is 0.0861 e. The van der Waals surface area contributed by atoms with Gasteiger partial charge in [-0.25, -0.2) is 0 Å². The van der Waals surface area contributed by atoms with Gasteiger partial charge in [-0.2, -0.15) is 11.8 Å². The first kappa shape index (κ1) is 23.0. The fourth-order valence-corrected chi connectivity index (χ4v) is 3.30. The minimum Gasteiger partial charge on any atom is -0.395 e. The van der Waals surface area contributed by atoms with E-state index in [0.29, 0.717) is 0 Å². The zero-order valence-electron chi connectivity index (χ0n) is 15.5. The van der Waals surface area contributed by atoms with E-state index >= 15 is 0 Å². The highest BCUT2D eigenvalue weighted by Crippen LogP contribution is 2.14. The molecule has 0 rings (SSSR count). The van der Waals surface area contributed by atoms with Crippen molar-refractivity contribution in [2.45, 2.75) is 102 Å². The van der Waals surface area contributed by atoms with Crippen LogP contribution < -0.4 is 0 Å². The quantitative estimate of drug-likeness (QED) is 0.262. The third-order valence-corrected chi connectivity index (χ3v) is 5.45. The second-order valence-corrected chi connectivity index (χ2v) is 7.63. The van der Waals surface area contributed by atoms with Crippen molar-refractivity contribution in [3.8, 4) is 0 Å². The predicted molar refractivity (Wildman–Crippen MR) is 105 cm³/mol. The fraction of sp³-hybridized carbons (Fsp3) is 0.900. The zero-order chi connectivity index (χ0) is 17.2. The Morgan fingerprint density at radius 1 is 0.826 bits per heavy atom.